The molecule has 92 valence electrons. The summed E-state index contributed by atoms with van der Waals surface area (Å²) in [5.74, 6) is 0. The first-order valence-electron chi connectivity index (χ1n) is 5.49. The van der Waals surface area contributed by atoms with Gasteiger partial charge in [-0.1, -0.05) is 32.4 Å². The zero-order chi connectivity index (χ0) is 12.2. The van der Waals surface area contributed by atoms with Crippen LogP contribution >= 0.6 is 22.9 Å². The van der Waals surface area contributed by atoms with Crippen molar-refractivity contribution in [2.24, 2.45) is 5.41 Å². The average molecular weight is 262 g/mol. The number of rotatable bonds is 5. The van der Waals surface area contributed by atoms with Gasteiger partial charge in [-0.15, -0.1) is 11.3 Å². The van der Waals surface area contributed by atoms with Crippen molar-refractivity contribution in [3.05, 3.63) is 21.3 Å². The van der Waals surface area contributed by atoms with Crippen LogP contribution in [0.2, 0.25) is 4.34 Å². The second-order valence-corrected chi connectivity index (χ2v) is 7.03. The summed E-state index contributed by atoms with van der Waals surface area (Å²) in [6.45, 7) is 7.49. The molecule has 0 aliphatic carbocycles. The van der Waals surface area contributed by atoms with Gasteiger partial charge in [-0.3, -0.25) is 0 Å². The Morgan fingerprint density at radius 1 is 1.44 bits per heavy atom. The van der Waals surface area contributed by atoms with Crippen LogP contribution in [0.25, 0.3) is 0 Å². The molecule has 0 bridgehead atoms. The number of aliphatic hydroxyl groups is 1. The van der Waals surface area contributed by atoms with Crippen molar-refractivity contribution in [3.8, 4) is 0 Å². The Morgan fingerprint density at radius 2 is 2.12 bits per heavy atom. The number of halogens is 1. The van der Waals surface area contributed by atoms with Crippen molar-refractivity contribution in [2.45, 2.75) is 39.8 Å². The fourth-order valence-corrected chi connectivity index (χ4v) is 2.67. The van der Waals surface area contributed by atoms with Gasteiger partial charge in [0.1, 0.15) is 0 Å². The van der Waals surface area contributed by atoms with E-state index in [0.717, 1.165) is 17.3 Å². The molecule has 1 aromatic rings. The van der Waals surface area contributed by atoms with E-state index in [0.29, 0.717) is 0 Å². The van der Waals surface area contributed by atoms with Gasteiger partial charge in [-0.2, -0.15) is 0 Å². The van der Waals surface area contributed by atoms with E-state index < -0.39 is 0 Å². The first-order valence-corrected chi connectivity index (χ1v) is 6.68. The molecule has 0 aromatic carbocycles. The minimum Gasteiger partial charge on any atom is -0.395 e. The van der Waals surface area contributed by atoms with Crippen LogP contribution in [0.15, 0.2) is 12.1 Å². The van der Waals surface area contributed by atoms with Crippen LogP contribution in [-0.4, -0.2) is 17.8 Å². The number of thiophene rings is 1. The van der Waals surface area contributed by atoms with Crippen LogP contribution in [0.4, 0.5) is 0 Å². The van der Waals surface area contributed by atoms with Crippen molar-refractivity contribution >= 4 is 22.9 Å². The lowest BCUT2D eigenvalue weighted by Crippen LogP contribution is -2.35. The fraction of sp³-hybridized carbons (Fsp3) is 0.667. The molecular weight excluding hydrogens is 242 g/mol. The second kappa shape index (κ2) is 6.01. The summed E-state index contributed by atoms with van der Waals surface area (Å²) >= 11 is 7.44. The van der Waals surface area contributed by atoms with E-state index in [1.165, 1.54) is 4.88 Å². The topological polar surface area (TPSA) is 32.3 Å². The van der Waals surface area contributed by atoms with Gasteiger partial charge >= 0.3 is 0 Å². The molecule has 0 saturated carbocycles. The maximum absolute atomic E-state index is 9.29. The first kappa shape index (κ1) is 14.0. The lowest BCUT2D eigenvalue weighted by molar-refractivity contribution is 0.198. The van der Waals surface area contributed by atoms with E-state index >= 15 is 0 Å². The molecule has 4 heteroatoms. The zero-order valence-corrected chi connectivity index (χ0v) is 11.7. The second-order valence-electron chi connectivity index (χ2n) is 5.23. The Morgan fingerprint density at radius 3 is 2.56 bits per heavy atom. The number of hydrogen-bond donors (Lipinski definition) is 2. The molecule has 2 N–H and O–H groups in total. The van der Waals surface area contributed by atoms with Crippen molar-refractivity contribution in [2.75, 3.05) is 6.61 Å². The highest BCUT2D eigenvalue weighted by Gasteiger charge is 2.17. The van der Waals surface area contributed by atoms with Gasteiger partial charge in [-0.25, -0.2) is 0 Å². The number of nitrogens with one attached hydrogen (secondary N) is 1. The predicted molar refractivity (Wildman–Crippen MR) is 71.1 cm³/mol. The third-order valence-corrected chi connectivity index (χ3v) is 3.50. The predicted octanol–water partition coefficient (Wildman–Crippen LogP) is 3.29. The summed E-state index contributed by atoms with van der Waals surface area (Å²) in [7, 11) is 0. The smallest absolute Gasteiger partial charge is 0.0931 e. The molecule has 0 aliphatic rings. The normalized spacial score (nSPS) is 14.1. The van der Waals surface area contributed by atoms with Crippen molar-refractivity contribution < 1.29 is 5.11 Å². The number of aliphatic hydroxyl groups excluding tert-OH is 1. The molecule has 1 rings (SSSR count). The van der Waals surface area contributed by atoms with Crippen LogP contribution in [0, 0.1) is 5.41 Å². The van der Waals surface area contributed by atoms with Gasteiger partial charge in [0, 0.05) is 17.5 Å². The maximum Gasteiger partial charge on any atom is 0.0931 e. The molecule has 1 heterocycles. The summed E-state index contributed by atoms with van der Waals surface area (Å²) in [5, 5.41) is 12.6. The molecule has 0 fully saturated rings. The number of hydrogen-bond acceptors (Lipinski definition) is 3. The van der Waals surface area contributed by atoms with E-state index in [4.69, 9.17) is 11.6 Å². The third-order valence-electron chi connectivity index (χ3n) is 2.27. The van der Waals surface area contributed by atoms with Crippen LogP contribution in [0.5, 0.6) is 0 Å². The summed E-state index contributed by atoms with van der Waals surface area (Å²) in [6, 6.07) is 4.08. The molecular formula is C12H20ClNOS. The Labute approximate surface area is 107 Å². The summed E-state index contributed by atoms with van der Waals surface area (Å²) in [5.41, 5.74) is 0.230. The molecule has 0 spiro atoms. The lowest BCUT2D eigenvalue weighted by atomic mass is 9.88. The molecule has 16 heavy (non-hydrogen) atoms. The molecule has 0 amide bonds. The van der Waals surface area contributed by atoms with Gasteiger partial charge in [-0.05, 0) is 24.0 Å². The monoisotopic (exact) mass is 261 g/mol. The molecule has 1 unspecified atom stereocenters. The Kier molecular flexibility index (Phi) is 5.25. The van der Waals surface area contributed by atoms with Crippen molar-refractivity contribution in [1.29, 1.82) is 0 Å². The summed E-state index contributed by atoms with van der Waals surface area (Å²) in [6.07, 6.45) is 0.961. The van der Waals surface area contributed by atoms with Crippen LogP contribution in [0.3, 0.4) is 0 Å². The highest BCUT2D eigenvalue weighted by atomic mass is 35.5. The average Bonchev–Trinajstić information content (AvgIpc) is 2.57. The van der Waals surface area contributed by atoms with Crippen molar-refractivity contribution in [1.82, 2.24) is 5.32 Å². The maximum atomic E-state index is 9.29. The van der Waals surface area contributed by atoms with Gasteiger partial charge in [0.25, 0.3) is 0 Å². The van der Waals surface area contributed by atoms with Crippen LogP contribution < -0.4 is 5.32 Å². The highest BCUT2D eigenvalue weighted by molar-refractivity contribution is 7.16. The summed E-state index contributed by atoms with van der Waals surface area (Å²) in [4.78, 5) is 1.21. The summed E-state index contributed by atoms with van der Waals surface area (Å²) < 4.78 is 0.813. The van der Waals surface area contributed by atoms with Gasteiger partial charge < -0.3 is 10.4 Å². The van der Waals surface area contributed by atoms with Gasteiger partial charge in [0.15, 0.2) is 0 Å². The molecule has 0 saturated heterocycles. The lowest BCUT2D eigenvalue weighted by Gasteiger charge is -2.25. The Hall–Kier alpha value is -0.0900. The largest absolute Gasteiger partial charge is 0.395 e. The standard InChI is InChI=1S/C12H20ClNOS/c1-12(2,3)6-9(8-15)14-7-10-4-5-11(13)16-10/h4-5,9,14-15H,6-8H2,1-3H3. The third kappa shape index (κ3) is 5.30. The molecule has 0 aliphatic heterocycles. The quantitative estimate of drug-likeness (QED) is 0.853. The molecule has 0 radical (unpaired) electrons. The van der Waals surface area contributed by atoms with E-state index in [9.17, 15) is 5.11 Å². The molecule has 1 atom stereocenters. The molecule has 1 aromatic heterocycles. The van der Waals surface area contributed by atoms with E-state index in [1.54, 1.807) is 11.3 Å². The van der Waals surface area contributed by atoms with Gasteiger partial charge in [0.2, 0.25) is 0 Å². The fourth-order valence-electron chi connectivity index (χ4n) is 1.63. The zero-order valence-electron chi connectivity index (χ0n) is 10.1. The Balaban J connectivity index is 2.40. The van der Waals surface area contributed by atoms with E-state index in [2.05, 4.69) is 26.1 Å². The van der Waals surface area contributed by atoms with Gasteiger partial charge in [0.05, 0.1) is 10.9 Å². The molecule has 2 nitrogen and oxygen atoms in total. The first-order chi connectivity index (χ1) is 7.40. The Bertz CT molecular complexity index is 319. The van der Waals surface area contributed by atoms with Crippen LogP contribution in [0.1, 0.15) is 32.1 Å². The SMILES string of the molecule is CC(C)(C)CC(CO)NCc1ccc(Cl)s1. The minimum atomic E-state index is 0.154. The van der Waals surface area contributed by atoms with Crippen molar-refractivity contribution in [3.63, 3.8) is 0 Å². The minimum absolute atomic E-state index is 0.154. The van der Waals surface area contributed by atoms with E-state index in [-0.39, 0.29) is 18.1 Å². The van der Waals surface area contributed by atoms with E-state index in [1.807, 2.05) is 12.1 Å². The van der Waals surface area contributed by atoms with Crippen LogP contribution in [-0.2, 0) is 6.54 Å². The highest BCUT2D eigenvalue weighted by Crippen LogP contribution is 2.23.